The quantitative estimate of drug-likeness (QED) is 0.434. The summed E-state index contributed by atoms with van der Waals surface area (Å²) in [5, 5.41) is 10.5. The number of nitrogens with one attached hydrogen (secondary N) is 2. The summed E-state index contributed by atoms with van der Waals surface area (Å²) in [5.74, 6) is 3.71. The van der Waals surface area contributed by atoms with E-state index in [1.54, 1.807) is 0 Å². The first kappa shape index (κ1) is 19.5. The normalized spacial score (nSPS) is 48.7. The smallest absolute Gasteiger partial charge is 0.182 e. The van der Waals surface area contributed by atoms with Crippen LogP contribution in [0, 0.1) is 40.4 Å². The molecule has 0 radical (unpaired) electrons. The number of hydrogen-bond acceptors (Lipinski definition) is 3. The number of thiocarbonyl (C=S) groups is 1. The van der Waals surface area contributed by atoms with Gasteiger partial charge in [-0.2, -0.15) is 0 Å². The summed E-state index contributed by atoms with van der Waals surface area (Å²) in [4.78, 5) is 0. The standard InChI is InChI=1S/C22H37N3OS/c1-13(24-25-20(23)27)17-6-7-18-16-5-4-14-12-15(26)8-10-21(14,2)19(16)9-11-22(17,18)3/h14-19,24,26H,1,4-12H2,2-3H3,(H3,23,25,27)/t14-,15+,16+,17+,18+,19-,21-,22+/m0/s1. The van der Waals surface area contributed by atoms with Crippen molar-refractivity contribution in [2.24, 2.45) is 46.2 Å². The molecule has 27 heavy (non-hydrogen) atoms. The highest BCUT2D eigenvalue weighted by Crippen LogP contribution is 2.67. The molecular weight excluding hydrogens is 354 g/mol. The molecule has 0 amide bonds. The van der Waals surface area contributed by atoms with Crippen LogP contribution in [0.15, 0.2) is 12.3 Å². The number of aliphatic hydroxyl groups excluding tert-OH is 1. The van der Waals surface area contributed by atoms with Gasteiger partial charge in [0.15, 0.2) is 5.11 Å². The van der Waals surface area contributed by atoms with Gasteiger partial charge in [-0.1, -0.05) is 20.4 Å². The van der Waals surface area contributed by atoms with Gasteiger partial charge in [0, 0.05) is 11.6 Å². The minimum Gasteiger partial charge on any atom is -0.393 e. The van der Waals surface area contributed by atoms with Gasteiger partial charge in [-0.05, 0) is 105 Å². The van der Waals surface area contributed by atoms with E-state index >= 15 is 0 Å². The van der Waals surface area contributed by atoms with Gasteiger partial charge in [0.25, 0.3) is 0 Å². The minimum absolute atomic E-state index is 0.0557. The van der Waals surface area contributed by atoms with Crippen LogP contribution in [0.3, 0.4) is 0 Å². The lowest BCUT2D eigenvalue weighted by Gasteiger charge is -2.61. The Morgan fingerprint density at radius 1 is 1.00 bits per heavy atom. The van der Waals surface area contributed by atoms with Crippen LogP contribution in [-0.4, -0.2) is 16.3 Å². The maximum Gasteiger partial charge on any atom is 0.182 e. The molecule has 0 heterocycles. The Hall–Kier alpha value is -0.810. The fourth-order valence-electron chi connectivity index (χ4n) is 8.04. The summed E-state index contributed by atoms with van der Waals surface area (Å²) < 4.78 is 0. The van der Waals surface area contributed by atoms with Crippen LogP contribution in [-0.2, 0) is 0 Å². The fourth-order valence-corrected chi connectivity index (χ4v) is 8.09. The maximum absolute atomic E-state index is 10.2. The van der Waals surface area contributed by atoms with E-state index in [2.05, 4.69) is 31.3 Å². The van der Waals surface area contributed by atoms with Gasteiger partial charge in [0.05, 0.1) is 6.10 Å². The van der Waals surface area contributed by atoms with E-state index in [0.29, 0.717) is 16.7 Å². The molecule has 152 valence electrons. The summed E-state index contributed by atoms with van der Waals surface area (Å²) in [7, 11) is 0. The van der Waals surface area contributed by atoms with Crippen LogP contribution < -0.4 is 16.6 Å². The molecule has 4 rings (SSSR count). The van der Waals surface area contributed by atoms with Crippen LogP contribution in [0.1, 0.15) is 71.6 Å². The first-order valence-corrected chi connectivity index (χ1v) is 11.3. The molecule has 0 unspecified atom stereocenters. The zero-order valence-corrected chi connectivity index (χ0v) is 17.8. The topological polar surface area (TPSA) is 70.3 Å². The molecule has 4 saturated carbocycles. The average molecular weight is 392 g/mol. The second-order valence-electron chi connectivity index (χ2n) is 10.4. The third kappa shape index (κ3) is 3.09. The van der Waals surface area contributed by atoms with Crippen molar-refractivity contribution in [2.45, 2.75) is 77.7 Å². The molecule has 0 aromatic heterocycles. The zero-order chi connectivity index (χ0) is 19.4. The predicted molar refractivity (Wildman–Crippen MR) is 113 cm³/mol. The Bertz CT molecular complexity index is 625. The Morgan fingerprint density at radius 3 is 2.44 bits per heavy atom. The summed E-state index contributed by atoms with van der Waals surface area (Å²) >= 11 is 4.93. The highest BCUT2D eigenvalue weighted by atomic mass is 32.1. The molecule has 0 saturated heterocycles. The lowest BCUT2D eigenvalue weighted by atomic mass is 9.44. The van der Waals surface area contributed by atoms with E-state index in [-0.39, 0.29) is 11.2 Å². The van der Waals surface area contributed by atoms with Crippen LogP contribution >= 0.6 is 12.2 Å². The van der Waals surface area contributed by atoms with E-state index in [0.717, 1.165) is 42.2 Å². The van der Waals surface area contributed by atoms with Crippen molar-refractivity contribution < 1.29 is 5.11 Å². The van der Waals surface area contributed by atoms with Crippen LogP contribution in [0.4, 0.5) is 0 Å². The molecule has 8 atom stereocenters. The summed E-state index contributed by atoms with van der Waals surface area (Å²) in [5.41, 5.74) is 13.5. The van der Waals surface area contributed by atoms with Gasteiger partial charge >= 0.3 is 0 Å². The summed E-state index contributed by atoms with van der Waals surface area (Å²) in [6.45, 7) is 9.39. The van der Waals surface area contributed by atoms with Gasteiger partial charge in [-0.15, -0.1) is 0 Å². The molecule has 5 N–H and O–H groups in total. The molecule has 0 bridgehead atoms. The van der Waals surface area contributed by atoms with Crippen molar-refractivity contribution >= 4 is 17.3 Å². The highest BCUT2D eigenvalue weighted by Gasteiger charge is 2.60. The fraction of sp³-hybridized carbons (Fsp3) is 0.864. The predicted octanol–water partition coefficient (Wildman–Crippen LogP) is 3.86. The lowest BCUT2D eigenvalue weighted by Crippen LogP contribution is -2.54. The van der Waals surface area contributed by atoms with E-state index in [1.807, 2.05) is 0 Å². The number of aliphatic hydroxyl groups is 1. The van der Waals surface area contributed by atoms with Gasteiger partial charge in [0.2, 0.25) is 0 Å². The number of nitrogens with two attached hydrogens (primary N) is 1. The minimum atomic E-state index is -0.0557. The average Bonchev–Trinajstić information content (AvgIpc) is 2.97. The molecule has 0 aromatic carbocycles. The SMILES string of the molecule is C=C(NNC(N)=S)[C@H]1CC[C@@H]2[C@H]3CC[C@H]4C[C@H](O)CC[C@]4(C)[C@H]3CC[C@]12C. The summed E-state index contributed by atoms with van der Waals surface area (Å²) in [6, 6.07) is 0. The lowest BCUT2D eigenvalue weighted by molar-refractivity contribution is -0.125. The largest absolute Gasteiger partial charge is 0.393 e. The highest BCUT2D eigenvalue weighted by molar-refractivity contribution is 7.80. The van der Waals surface area contributed by atoms with Crippen molar-refractivity contribution in [3.05, 3.63) is 12.3 Å². The van der Waals surface area contributed by atoms with Crippen LogP contribution in [0.2, 0.25) is 0 Å². The third-order valence-corrected chi connectivity index (χ3v) is 9.51. The Labute approximate surface area is 169 Å². The molecule has 0 aliphatic heterocycles. The number of hydrogen-bond donors (Lipinski definition) is 4. The third-order valence-electron chi connectivity index (χ3n) is 9.40. The Kier molecular flexibility index (Phi) is 4.99. The molecule has 4 aliphatic rings. The first-order chi connectivity index (χ1) is 12.8. The van der Waals surface area contributed by atoms with Crippen molar-refractivity contribution in [2.75, 3.05) is 0 Å². The number of rotatable bonds is 3. The second kappa shape index (κ2) is 6.91. The first-order valence-electron chi connectivity index (χ1n) is 10.9. The van der Waals surface area contributed by atoms with E-state index < -0.39 is 0 Å². The van der Waals surface area contributed by atoms with E-state index in [9.17, 15) is 5.11 Å². The maximum atomic E-state index is 10.2. The monoisotopic (exact) mass is 391 g/mol. The van der Waals surface area contributed by atoms with Gasteiger partial charge in [0.1, 0.15) is 0 Å². The van der Waals surface area contributed by atoms with Gasteiger partial charge < -0.3 is 16.3 Å². The molecule has 4 fully saturated rings. The molecular formula is C22H37N3OS. The van der Waals surface area contributed by atoms with E-state index in [4.69, 9.17) is 18.0 Å². The van der Waals surface area contributed by atoms with Gasteiger partial charge in [-0.3, -0.25) is 5.43 Å². The molecule has 4 aliphatic carbocycles. The number of hydrazine groups is 1. The van der Waals surface area contributed by atoms with E-state index in [1.165, 1.54) is 44.9 Å². The molecule has 4 nitrogen and oxygen atoms in total. The molecule has 0 aromatic rings. The zero-order valence-electron chi connectivity index (χ0n) is 17.0. The second-order valence-corrected chi connectivity index (χ2v) is 10.8. The van der Waals surface area contributed by atoms with Crippen molar-refractivity contribution in [3.63, 3.8) is 0 Å². The van der Waals surface area contributed by atoms with Crippen LogP contribution in [0.5, 0.6) is 0 Å². The number of allylic oxidation sites excluding steroid dienone is 1. The molecule has 0 spiro atoms. The van der Waals surface area contributed by atoms with Gasteiger partial charge in [-0.25, -0.2) is 0 Å². The van der Waals surface area contributed by atoms with Crippen molar-refractivity contribution in [1.82, 2.24) is 10.9 Å². The Balaban J connectivity index is 1.52. The van der Waals surface area contributed by atoms with Crippen molar-refractivity contribution in [3.8, 4) is 0 Å². The summed E-state index contributed by atoms with van der Waals surface area (Å²) in [6.07, 6.45) is 11.0. The van der Waals surface area contributed by atoms with Crippen LogP contribution in [0.25, 0.3) is 0 Å². The number of fused-ring (bicyclic) bond motifs is 5. The van der Waals surface area contributed by atoms with Crippen molar-refractivity contribution in [1.29, 1.82) is 0 Å². The Morgan fingerprint density at radius 2 is 1.70 bits per heavy atom. The molecule has 5 heteroatoms.